The molecule has 0 aromatic carbocycles. The third-order valence-electron chi connectivity index (χ3n) is 3.75. The van der Waals surface area contributed by atoms with Crippen LogP contribution in [0.15, 0.2) is 0 Å². The maximum atomic E-state index is 12.3. The van der Waals surface area contributed by atoms with E-state index in [2.05, 4.69) is 12.8 Å². The molecule has 1 aliphatic rings. The Kier molecular flexibility index (Phi) is 4.37. The number of amides is 1. The maximum Gasteiger partial charge on any atom is 0.230 e. The first-order valence-corrected chi connectivity index (χ1v) is 5.95. The van der Waals surface area contributed by atoms with Gasteiger partial charge in [-0.15, -0.1) is 6.42 Å². The second-order valence-corrected chi connectivity index (χ2v) is 5.03. The van der Waals surface area contributed by atoms with Gasteiger partial charge >= 0.3 is 0 Å². The van der Waals surface area contributed by atoms with Crippen LogP contribution in [-0.2, 0) is 4.79 Å². The van der Waals surface area contributed by atoms with Crippen LogP contribution in [-0.4, -0.2) is 30.9 Å². The summed E-state index contributed by atoms with van der Waals surface area (Å²) in [5, 5.41) is 0. The van der Waals surface area contributed by atoms with Crippen molar-refractivity contribution in [3.05, 3.63) is 0 Å². The van der Waals surface area contributed by atoms with Crippen molar-refractivity contribution in [2.45, 2.75) is 32.6 Å². The van der Waals surface area contributed by atoms with Gasteiger partial charge < -0.3 is 10.6 Å². The number of carbonyl (C=O) groups is 1. The number of nitrogens with two attached hydrogens (primary N) is 1. The van der Waals surface area contributed by atoms with Crippen LogP contribution in [0.25, 0.3) is 0 Å². The van der Waals surface area contributed by atoms with Crippen LogP contribution in [0.2, 0.25) is 0 Å². The number of carbonyl (C=O) groups excluding carboxylic acids is 1. The highest BCUT2D eigenvalue weighted by atomic mass is 16.2. The monoisotopic (exact) mass is 222 g/mol. The molecule has 0 atom stereocenters. The molecule has 0 saturated heterocycles. The molecule has 2 N–H and O–H groups in total. The number of rotatable bonds is 3. The molecule has 0 spiro atoms. The molecule has 1 aliphatic carbocycles. The fourth-order valence-corrected chi connectivity index (χ4v) is 2.43. The summed E-state index contributed by atoms with van der Waals surface area (Å²) in [6.07, 6.45) is 9.21. The van der Waals surface area contributed by atoms with E-state index in [9.17, 15) is 4.79 Å². The average Bonchev–Trinajstić information content (AvgIpc) is 2.30. The van der Waals surface area contributed by atoms with Crippen molar-refractivity contribution < 1.29 is 4.79 Å². The Morgan fingerprint density at radius 1 is 1.56 bits per heavy atom. The van der Waals surface area contributed by atoms with Crippen molar-refractivity contribution in [1.82, 2.24) is 4.90 Å². The predicted octanol–water partition coefficient (Wildman–Crippen LogP) is 1.23. The Hall–Kier alpha value is -1.01. The van der Waals surface area contributed by atoms with E-state index in [1.165, 1.54) is 0 Å². The highest BCUT2D eigenvalue weighted by Gasteiger charge is 2.41. The topological polar surface area (TPSA) is 46.3 Å². The van der Waals surface area contributed by atoms with Crippen molar-refractivity contribution in [2.75, 3.05) is 20.1 Å². The van der Waals surface area contributed by atoms with Gasteiger partial charge in [-0.1, -0.05) is 12.8 Å². The van der Waals surface area contributed by atoms with Gasteiger partial charge in [-0.3, -0.25) is 4.79 Å². The largest absolute Gasteiger partial charge is 0.334 e. The lowest BCUT2D eigenvalue weighted by Crippen LogP contribution is -2.48. The molecule has 1 saturated carbocycles. The summed E-state index contributed by atoms with van der Waals surface area (Å²) in [5.41, 5.74) is 5.47. The van der Waals surface area contributed by atoms with E-state index in [4.69, 9.17) is 12.2 Å². The van der Waals surface area contributed by atoms with Gasteiger partial charge in [0.1, 0.15) is 0 Å². The molecular formula is C13H22N2O. The molecule has 1 fully saturated rings. The Morgan fingerprint density at radius 3 is 2.56 bits per heavy atom. The molecule has 0 aromatic heterocycles. The van der Waals surface area contributed by atoms with E-state index in [0.717, 1.165) is 25.7 Å². The summed E-state index contributed by atoms with van der Waals surface area (Å²) in [4.78, 5) is 13.9. The minimum Gasteiger partial charge on any atom is -0.334 e. The molecule has 0 bridgehead atoms. The molecule has 90 valence electrons. The number of nitrogens with zero attached hydrogens (tertiary/aromatic N) is 1. The normalized spacial score (nSPS) is 29.5. The fraction of sp³-hybridized carbons (Fsp3) is 0.769. The van der Waals surface area contributed by atoms with Gasteiger partial charge in [-0.05, 0) is 31.6 Å². The van der Waals surface area contributed by atoms with E-state index in [0.29, 0.717) is 19.0 Å². The summed E-state index contributed by atoms with van der Waals surface area (Å²) in [6, 6.07) is 0. The fourth-order valence-electron chi connectivity index (χ4n) is 2.43. The minimum absolute atomic E-state index is 0.125. The Balaban J connectivity index is 2.73. The van der Waals surface area contributed by atoms with E-state index in [1.54, 1.807) is 11.9 Å². The first-order valence-electron chi connectivity index (χ1n) is 5.95. The lowest BCUT2D eigenvalue weighted by atomic mass is 9.70. The molecule has 1 rings (SSSR count). The van der Waals surface area contributed by atoms with Crippen LogP contribution in [0, 0.1) is 23.7 Å². The first kappa shape index (κ1) is 13.1. The SMILES string of the molecule is C#CCN(C)C(=O)C1(CN)CCC(C)CC1. The van der Waals surface area contributed by atoms with Crippen LogP contribution in [0.3, 0.4) is 0 Å². The Labute approximate surface area is 98.4 Å². The maximum absolute atomic E-state index is 12.3. The van der Waals surface area contributed by atoms with Gasteiger partial charge in [-0.2, -0.15) is 0 Å². The third-order valence-corrected chi connectivity index (χ3v) is 3.75. The molecule has 3 nitrogen and oxygen atoms in total. The Bertz CT molecular complexity index is 285. The zero-order valence-corrected chi connectivity index (χ0v) is 10.3. The van der Waals surface area contributed by atoms with E-state index < -0.39 is 0 Å². The van der Waals surface area contributed by atoms with E-state index in [-0.39, 0.29) is 11.3 Å². The molecule has 0 heterocycles. The number of terminal acetylenes is 1. The molecule has 16 heavy (non-hydrogen) atoms. The highest BCUT2D eigenvalue weighted by Crippen LogP contribution is 2.39. The van der Waals surface area contributed by atoms with Gasteiger partial charge in [0, 0.05) is 13.6 Å². The average molecular weight is 222 g/mol. The summed E-state index contributed by atoms with van der Waals surface area (Å²) < 4.78 is 0. The second-order valence-electron chi connectivity index (χ2n) is 5.03. The zero-order valence-electron chi connectivity index (χ0n) is 10.3. The zero-order chi connectivity index (χ0) is 12.2. The number of hydrogen-bond donors (Lipinski definition) is 1. The summed E-state index contributed by atoms with van der Waals surface area (Å²) in [6.45, 7) is 3.04. The van der Waals surface area contributed by atoms with Crippen molar-refractivity contribution in [1.29, 1.82) is 0 Å². The second kappa shape index (κ2) is 5.36. The van der Waals surface area contributed by atoms with Crippen LogP contribution < -0.4 is 5.73 Å². The molecule has 3 heteroatoms. The quantitative estimate of drug-likeness (QED) is 0.730. The molecule has 0 aromatic rings. The summed E-state index contributed by atoms with van der Waals surface area (Å²) in [5.74, 6) is 3.34. The van der Waals surface area contributed by atoms with Crippen molar-refractivity contribution in [3.63, 3.8) is 0 Å². The smallest absolute Gasteiger partial charge is 0.230 e. The molecule has 0 unspecified atom stereocenters. The predicted molar refractivity (Wildman–Crippen MR) is 65.6 cm³/mol. The Morgan fingerprint density at radius 2 is 2.12 bits per heavy atom. The van der Waals surface area contributed by atoms with Crippen molar-refractivity contribution in [3.8, 4) is 12.3 Å². The van der Waals surface area contributed by atoms with Crippen LogP contribution >= 0.6 is 0 Å². The van der Waals surface area contributed by atoms with Gasteiger partial charge in [-0.25, -0.2) is 0 Å². The highest BCUT2D eigenvalue weighted by molar-refractivity contribution is 5.83. The number of hydrogen-bond acceptors (Lipinski definition) is 2. The van der Waals surface area contributed by atoms with Gasteiger partial charge in [0.25, 0.3) is 0 Å². The standard InChI is InChI=1S/C13H22N2O/c1-4-9-15(3)12(16)13(10-14)7-5-11(2)6-8-13/h1,11H,5-10,14H2,2-3H3. The van der Waals surface area contributed by atoms with Crippen molar-refractivity contribution in [2.24, 2.45) is 17.1 Å². The first-order chi connectivity index (χ1) is 7.55. The molecule has 0 aliphatic heterocycles. The summed E-state index contributed by atoms with van der Waals surface area (Å²) >= 11 is 0. The molecular weight excluding hydrogens is 200 g/mol. The van der Waals surface area contributed by atoms with Gasteiger partial charge in [0.15, 0.2) is 0 Å². The lowest BCUT2D eigenvalue weighted by Gasteiger charge is -2.39. The molecule has 1 amide bonds. The van der Waals surface area contributed by atoms with E-state index >= 15 is 0 Å². The third kappa shape index (κ3) is 2.56. The van der Waals surface area contributed by atoms with Crippen LogP contribution in [0.4, 0.5) is 0 Å². The van der Waals surface area contributed by atoms with E-state index in [1.807, 2.05) is 0 Å². The molecule has 0 radical (unpaired) electrons. The minimum atomic E-state index is -0.349. The lowest BCUT2D eigenvalue weighted by molar-refractivity contribution is -0.142. The summed E-state index contributed by atoms with van der Waals surface area (Å²) in [7, 11) is 1.76. The van der Waals surface area contributed by atoms with Gasteiger partial charge in [0.2, 0.25) is 5.91 Å². The van der Waals surface area contributed by atoms with Crippen LogP contribution in [0.1, 0.15) is 32.6 Å². The van der Waals surface area contributed by atoms with Crippen LogP contribution in [0.5, 0.6) is 0 Å². The van der Waals surface area contributed by atoms with Crippen molar-refractivity contribution >= 4 is 5.91 Å². The van der Waals surface area contributed by atoms with Gasteiger partial charge in [0.05, 0.1) is 12.0 Å².